The summed E-state index contributed by atoms with van der Waals surface area (Å²) >= 11 is 0. The van der Waals surface area contributed by atoms with Crippen molar-refractivity contribution in [1.29, 1.82) is 0 Å². The Labute approximate surface area is 96.9 Å². The van der Waals surface area contributed by atoms with E-state index < -0.39 is 17.5 Å². The molecule has 1 amide bonds. The molecule has 0 radical (unpaired) electrons. The van der Waals surface area contributed by atoms with E-state index in [4.69, 9.17) is 0 Å². The minimum Gasteiger partial charge on any atom is -0.311 e. The zero-order chi connectivity index (χ0) is 12.8. The number of amidine groups is 1. The summed E-state index contributed by atoms with van der Waals surface area (Å²) in [6.07, 6.45) is 0. The van der Waals surface area contributed by atoms with Crippen molar-refractivity contribution in [1.82, 2.24) is 16.3 Å². The summed E-state index contributed by atoms with van der Waals surface area (Å²) in [6.45, 7) is 1.58. The highest BCUT2D eigenvalue weighted by atomic mass is 19.2. The number of hydrazone groups is 1. The van der Waals surface area contributed by atoms with Crippen LogP contribution >= 0.6 is 0 Å². The van der Waals surface area contributed by atoms with E-state index in [1.54, 1.807) is 14.0 Å². The fraction of sp³-hybridized carbons (Fsp3) is 0.200. The SMILES string of the molecule is CN/N=C(\C)NNC(=O)c1cccc(F)c1F. The molecular formula is C10H12F2N4O. The van der Waals surface area contributed by atoms with Crippen LogP contribution in [-0.4, -0.2) is 18.8 Å². The van der Waals surface area contributed by atoms with Crippen LogP contribution in [0, 0.1) is 11.6 Å². The third-order valence-corrected chi connectivity index (χ3v) is 1.83. The van der Waals surface area contributed by atoms with Gasteiger partial charge in [-0.1, -0.05) is 6.07 Å². The molecule has 0 atom stereocenters. The molecule has 0 aliphatic heterocycles. The van der Waals surface area contributed by atoms with Crippen molar-refractivity contribution in [2.45, 2.75) is 6.92 Å². The van der Waals surface area contributed by atoms with Gasteiger partial charge in [-0.25, -0.2) is 8.78 Å². The largest absolute Gasteiger partial charge is 0.311 e. The molecule has 0 saturated carbocycles. The van der Waals surface area contributed by atoms with Crippen LogP contribution in [0.25, 0.3) is 0 Å². The molecule has 7 heteroatoms. The average molecular weight is 242 g/mol. The zero-order valence-corrected chi connectivity index (χ0v) is 9.34. The lowest BCUT2D eigenvalue weighted by atomic mass is 10.2. The third-order valence-electron chi connectivity index (χ3n) is 1.83. The summed E-state index contributed by atoms with van der Waals surface area (Å²) in [5, 5.41) is 3.70. The first-order valence-corrected chi connectivity index (χ1v) is 4.77. The fourth-order valence-electron chi connectivity index (χ4n) is 1.09. The lowest BCUT2D eigenvalue weighted by Gasteiger charge is -2.08. The molecule has 0 saturated heterocycles. The molecule has 17 heavy (non-hydrogen) atoms. The summed E-state index contributed by atoms with van der Waals surface area (Å²) in [6, 6.07) is 3.37. The van der Waals surface area contributed by atoms with E-state index in [-0.39, 0.29) is 5.56 Å². The number of hydrazine groups is 1. The fourth-order valence-corrected chi connectivity index (χ4v) is 1.09. The number of hydrogen-bond donors (Lipinski definition) is 3. The Kier molecular flexibility index (Phi) is 4.38. The third kappa shape index (κ3) is 3.40. The van der Waals surface area contributed by atoms with Gasteiger partial charge in [0.05, 0.1) is 5.56 Å². The maximum atomic E-state index is 13.2. The van der Waals surface area contributed by atoms with E-state index in [2.05, 4.69) is 21.4 Å². The van der Waals surface area contributed by atoms with Crippen LogP contribution in [0.15, 0.2) is 23.3 Å². The molecule has 0 heterocycles. The quantitative estimate of drug-likeness (QED) is 0.407. The first-order valence-electron chi connectivity index (χ1n) is 4.77. The standard InChI is InChI=1S/C10H12F2N4O/c1-6(14-13-2)15-16-10(17)7-4-3-5-8(11)9(7)12/h3-5,13H,1-2H3,(H,14,15)(H,16,17). The molecule has 3 N–H and O–H groups in total. The highest BCUT2D eigenvalue weighted by Gasteiger charge is 2.14. The predicted octanol–water partition coefficient (Wildman–Crippen LogP) is 0.752. The summed E-state index contributed by atoms with van der Waals surface area (Å²) in [5.41, 5.74) is 6.72. The molecule has 92 valence electrons. The smallest absolute Gasteiger partial charge is 0.272 e. The van der Waals surface area contributed by atoms with Crippen LogP contribution in [0.4, 0.5) is 8.78 Å². The van der Waals surface area contributed by atoms with Crippen LogP contribution in [0.3, 0.4) is 0 Å². The van der Waals surface area contributed by atoms with Gasteiger partial charge in [0.15, 0.2) is 11.6 Å². The minimum atomic E-state index is -1.19. The van der Waals surface area contributed by atoms with E-state index in [0.717, 1.165) is 6.07 Å². The van der Waals surface area contributed by atoms with Gasteiger partial charge in [-0.15, -0.1) is 0 Å². The monoisotopic (exact) mass is 242 g/mol. The van der Waals surface area contributed by atoms with Crippen LogP contribution in [0.1, 0.15) is 17.3 Å². The Morgan fingerprint density at radius 1 is 1.29 bits per heavy atom. The van der Waals surface area contributed by atoms with E-state index in [0.29, 0.717) is 5.84 Å². The molecule has 0 aliphatic carbocycles. The van der Waals surface area contributed by atoms with Crippen molar-refractivity contribution in [3.05, 3.63) is 35.4 Å². The number of nitrogens with zero attached hydrogens (tertiary/aromatic N) is 1. The molecule has 0 fully saturated rings. The van der Waals surface area contributed by atoms with Crippen LogP contribution < -0.4 is 16.3 Å². The molecular weight excluding hydrogens is 230 g/mol. The number of carbonyl (C=O) groups excluding carboxylic acids is 1. The highest BCUT2D eigenvalue weighted by molar-refractivity contribution is 5.95. The number of halogens is 2. The molecule has 1 aromatic carbocycles. The highest BCUT2D eigenvalue weighted by Crippen LogP contribution is 2.10. The number of benzene rings is 1. The number of carbonyl (C=O) groups is 1. The van der Waals surface area contributed by atoms with Gasteiger partial charge in [0.2, 0.25) is 0 Å². The van der Waals surface area contributed by atoms with E-state index in [9.17, 15) is 13.6 Å². The summed E-state index contributed by atoms with van der Waals surface area (Å²) in [5.74, 6) is -2.67. The number of hydrogen-bond acceptors (Lipinski definition) is 3. The van der Waals surface area contributed by atoms with Gasteiger partial charge in [0, 0.05) is 7.05 Å². The van der Waals surface area contributed by atoms with Crippen LogP contribution in [-0.2, 0) is 0 Å². The van der Waals surface area contributed by atoms with E-state index in [1.807, 2.05) is 0 Å². The van der Waals surface area contributed by atoms with Crippen molar-refractivity contribution >= 4 is 11.7 Å². The van der Waals surface area contributed by atoms with Crippen molar-refractivity contribution in [3.8, 4) is 0 Å². The molecule has 0 unspecified atom stereocenters. The number of nitrogens with one attached hydrogen (secondary N) is 3. The molecule has 0 spiro atoms. The van der Waals surface area contributed by atoms with Crippen LogP contribution in [0.2, 0.25) is 0 Å². The average Bonchev–Trinajstić information content (AvgIpc) is 2.30. The Morgan fingerprint density at radius 3 is 2.65 bits per heavy atom. The zero-order valence-electron chi connectivity index (χ0n) is 9.34. The normalized spacial score (nSPS) is 10.9. The molecule has 0 aromatic heterocycles. The van der Waals surface area contributed by atoms with Gasteiger partial charge < -0.3 is 5.43 Å². The van der Waals surface area contributed by atoms with Gasteiger partial charge in [-0.2, -0.15) is 5.10 Å². The first-order chi connectivity index (χ1) is 8.06. The predicted molar refractivity (Wildman–Crippen MR) is 59.1 cm³/mol. The Hall–Kier alpha value is -2.18. The van der Waals surface area contributed by atoms with E-state index >= 15 is 0 Å². The van der Waals surface area contributed by atoms with Gasteiger partial charge in [0.25, 0.3) is 5.91 Å². The molecule has 0 aliphatic rings. The summed E-state index contributed by atoms with van der Waals surface area (Å²) in [4.78, 5) is 11.5. The topological polar surface area (TPSA) is 65.5 Å². The molecule has 0 bridgehead atoms. The van der Waals surface area contributed by atoms with Crippen molar-refractivity contribution in [2.75, 3.05) is 7.05 Å². The van der Waals surface area contributed by atoms with Gasteiger partial charge >= 0.3 is 0 Å². The minimum absolute atomic E-state index is 0.373. The second-order valence-corrected chi connectivity index (χ2v) is 3.10. The molecule has 1 rings (SSSR count). The number of amides is 1. The lowest BCUT2D eigenvalue weighted by Crippen LogP contribution is -2.41. The van der Waals surface area contributed by atoms with Crippen LogP contribution in [0.5, 0.6) is 0 Å². The second-order valence-electron chi connectivity index (χ2n) is 3.10. The van der Waals surface area contributed by atoms with Crippen molar-refractivity contribution in [2.24, 2.45) is 5.10 Å². The Bertz CT molecular complexity index is 448. The Balaban J connectivity index is 2.71. The summed E-state index contributed by atoms with van der Waals surface area (Å²) < 4.78 is 26.1. The number of rotatable bonds is 2. The van der Waals surface area contributed by atoms with Crippen molar-refractivity contribution < 1.29 is 13.6 Å². The maximum Gasteiger partial charge on any atom is 0.272 e. The molecule has 1 aromatic rings. The van der Waals surface area contributed by atoms with E-state index in [1.165, 1.54) is 12.1 Å². The second kappa shape index (κ2) is 5.78. The lowest BCUT2D eigenvalue weighted by molar-refractivity contribution is 0.0938. The molecule has 5 nitrogen and oxygen atoms in total. The van der Waals surface area contributed by atoms with Gasteiger partial charge in [-0.05, 0) is 19.1 Å². The van der Waals surface area contributed by atoms with Gasteiger partial charge in [0.1, 0.15) is 5.84 Å². The summed E-state index contributed by atoms with van der Waals surface area (Å²) in [7, 11) is 1.58. The van der Waals surface area contributed by atoms with Gasteiger partial charge in [-0.3, -0.25) is 15.6 Å². The maximum absolute atomic E-state index is 13.2. The first kappa shape index (κ1) is 12.9. The van der Waals surface area contributed by atoms with Crippen molar-refractivity contribution in [3.63, 3.8) is 0 Å². The Morgan fingerprint density at radius 2 is 2.00 bits per heavy atom.